The van der Waals surface area contributed by atoms with Crippen LogP contribution < -0.4 is 5.32 Å². The van der Waals surface area contributed by atoms with Gasteiger partial charge in [-0.2, -0.15) is 5.26 Å². The fourth-order valence-corrected chi connectivity index (χ4v) is 3.75. The lowest BCUT2D eigenvalue weighted by molar-refractivity contribution is 0.0934. The lowest BCUT2D eigenvalue weighted by Crippen LogP contribution is -2.46. The van der Waals surface area contributed by atoms with Gasteiger partial charge in [-0.3, -0.25) is 0 Å². The Labute approximate surface area is 98.4 Å². The zero-order chi connectivity index (χ0) is 11.0. The molecular weight excluding hydrogens is 196 g/mol. The molecule has 0 aliphatic heterocycles. The molecule has 3 aliphatic rings. The SMILES string of the molecule is N#C[C@@H]1CCC[C@H]1NCC1(C2CC2)CCC1. The zero-order valence-electron chi connectivity index (χ0n) is 10.0. The zero-order valence-corrected chi connectivity index (χ0v) is 10.0. The van der Waals surface area contributed by atoms with Gasteiger partial charge in [0.1, 0.15) is 0 Å². The summed E-state index contributed by atoms with van der Waals surface area (Å²) in [5, 5.41) is 12.8. The molecule has 0 bridgehead atoms. The first-order valence-electron chi connectivity index (χ1n) is 6.97. The fraction of sp³-hybridized carbons (Fsp3) is 0.929. The van der Waals surface area contributed by atoms with Gasteiger partial charge in [-0.05, 0) is 49.9 Å². The average Bonchev–Trinajstić information content (AvgIpc) is 2.96. The van der Waals surface area contributed by atoms with Crippen LogP contribution >= 0.6 is 0 Å². The Morgan fingerprint density at radius 2 is 1.94 bits per heavy atom. The van der Waals surface area contributed by atoms with E-state index in [1.807, 2.05) is 0 Å². The minimum Gasteiger partial charge on any atom is -0.312 e. The second kappa shape index (κ2) is 4.04. The molecular formula is C14H22N2. The highest BCUT2D eigenvalue weighted by Gasteiger charge is 2.49. The van der Waals surface area contributed by atoms with Crippen LogP contribution in [0.4, 0.5) is 0 Å². The van der Waals surface area contributed by atoms with Crippen molar-refractivity contribution in [1.29, 1.82) is 5.26 Å². The maximum Gasteiger partial charge on any atom is 0.0672 e. The highest BCUT2D eigenvalue weighted by Crippen LogP contribution is 2.56. The number of nitrogens with zero attached hydrogens (tertiary/aromatic N) is 1. The van der Waals surface area contributed by atoms with Gasteiger partial charge >= 0.3 is 0 Å². The van der Waals surface area contributed by atoms with Crippen molar-refractivity contribution in [3.05, 3.63) is 0 Å². The number of rotatable bonds is 4. The average molecular weight is 218 g/mol. The molecule has 2 nitrogen and oxygen atoms in total. The van der Waals surface area contributed by atoms with Crippen molar-refractivity contribution in [1.82, 2.24) is 5.32 Å². The molecule has 0 saturated heterocycles. The third kappa shape index (κ3) is 1.76. The topological polar surface area (TPSA) is 35.8 Å². The molecule has 16 heavy (non-hydrogen) atoms. The van der Waals surface area contributed by atoms with Gasteiger partial charge in [-0.15, -0.1) is 0 Å². The summed E-state index contributed by atoms with van der Waals surface area (Å²) < 4.78 is 0. The smallest absolute Gasteiger partial charge is 0.0672 e. The van der Waals surface area contributed by atoms with E-state index in [-0.39, 0.29) is 5.92 Å². The Balaban J connectivity index is 1.53. The predicted molar refractivity (Wildman–Crippen MR) is 63.8 cm³/mol. The summed E-state index contributed by atoms with van der Waals surface area (Å²) in [6, 6.07) is 2.97. The van der Waals surface area contributed by atoms with Crippen molar-refractivity contribution in [3.63, 3.8) is 0 Å². The van der Waals surface area contributed by atoms with E-state index < -0.39 is 0 Å². The van der Waals surface area contributed by atoms with Crippen LogP contribution in [0.1, 0.15) is 51.4 Å². The molecule has 0 heterocycles. The maximum atomic E-state index is 9.07. The summed E-state index contributed by atoms with van der Waals surface area (Å²) in [6.45, 7) is 1.19. The molecule has 0 radical (unpaired) electrons. The highest BCUT2D eigenvalue weighted by atomic mass is 14.9. The van der Waals surface area contributed by atoms with Crippen LogP contribution in [0.3, 0.4) is 0 Å². The quantitative estimate of drug-likeness (QED) is 0.787. The second-order valence-corrected chi connectivity index (χ2v) is 6.14. The van der Waals surface area contributed by atoms with Crippen LogP contribution in [-0.2, 0) is 0 Å². The first-order valence-corrected chi connectivity index (χ1v) is 6.97. The molecule has 0 aromatic rings. The van der Waals surface area contributed by atoms with Gasteiger partial charge in [0.25, 0.3) is 0 Å². The Kier molecular flexibility index (Phi) is 2.67. The van der Waals surface area contributed by atoms with Gasteiger partial charge in [-0.25, -0.2) is 0 Å². The Hall–Kier alpha value is -0.550. The highest BCUT2D eigenvalue weighted by molar-refractivity contribution is 5.03. The molecule has 2 atom stereocenters. The van der Waals surface area contributed by atoms with Gasteiger partial charge in [-0.1, -0.05) is 12.8 Å². The summed E-state index contributed by atoms with van der Waals surface area (Å²) in [5.74, 6) is 1.31. The van der Waals surface area contributed by atoms with E-state index in [4.69, 9.17) is 5.26 Å². The van der Waals surface area contributed by atoms with Crippen molar-refractivity contribution in [2.45, 2.75) is 57.4 Å². The van der Waals surface area contributed by atoms with Gasteiger partial charge in [0.2, 0.25) is 0 Å². The molecule has 3 rings (SSSR count). The van der Waals surface area contributed by atoms with Crippen molar-refractivity contribution in [2.75, 3.05) is 6.54 Å². The number of nitriles is 1. The van der Waals surface area contributed by atoms with Crippen LogP contribution in [-0.4, -0.2) is 12.6 Å². The number of nitrogens with one attached hydrogen (secondary N) is 1. The van der Waals surface area contributed by atoms with E-state index in [9.17, 15) is 0 Å². The first-order chi connectivity index (χ1) is 7.84. The largest absolute Gasteiger partial charge is 0.312 e. The standard InChI is InChI=1S/C14H22N2/c15-9-11-3-1-4-13(11)16-10-14(7-2-8-14)12-5-6-12/h11-13,16H,1-8,10H2/t11-,13+/m0/s1. The van der Waals surface area contributed by atoms with E-state index in [1.165, 1.54) is 51.5 Å². The van der Waals surface area contributed by atoms with Crippen LogP contribution in [0, 0.1) is 28.6 Å². The molecule has 88 valence electrons. The first kappa shape index (κ1) is 10.6. The molecule has 0 aromatic carbocycles. The summed E-state index contributed by atoms with van der Waals surface area (Å²) in [7, 11) is 0. The molecule has 0 amide bonds. The van der Waals surface area contributed by atoms with Gasteiger partial charge < -0.3 is 5.32 Å². The van der Waals surface area contributed by atoms with Crippen molar-refractivity contribution in [3.8, 4) is 6.07 Å². The minimum atomic E-state index is 0.288. The third-order valence-corrected chi connectivity index (χ3v) is 5.19. The van der Waals surface area contributed by atoms with Crippen LogP contribution in [0.25, 0.3) is 0 Å². The predicted octanol–water partition coefficient (Wildman–Crippen LogP) is 2.85. The summed E-state index contributed by atoms with van der Waals surface area (Å²) >= 11 is 0. The van der Waals surface area contributed by atoms with Gasteiger partial charge in [0.05, 0.1) is 12.0 Å². The van der Waals surface area contributed by atoms with Crippen molar-refractivity contribution in [2.24, 2.45) is 17.3 Å². The third-order valence-electron chi connectivity index (χ3n) is 5.19. The van der Waals surface area contributed by atoms with E-state index in [1.54, 1.807) is 0 Å². The van der Waals surface area contributed by atoms with Crippen LogP contribution in [0.2, 0.25) is 0 Å². The minimum absolute atomic E-state index is 0.288. The molecule has 0 aromatic heterocycles. The van der Waals surface area contributed by atoms with Gasteiger partial charge in [0.15, 0.2) is 0 Å². The molecule has 3 saturated carbocycles. The lowest BCUT2D eigenvalue weighted by Gasteiger charge is -2.43. The van der Waals surface area contributed by atoms with E-state index in [0.29, 0.717) is 11.5 Å². The Morgan fingerprint density at radius 3 is 2.50 bits per heavy atom. The van der Waals surface area contributed by atoms with Crippen molar-refractivity contribution >= 4 is 0 Å². The second-order valence-electron chi connectivity index (χ2n) is 6.14. The van der Waals surface area contributed by atoms with E-state index >= 15 is 0 Å². The molecule has 0 spiro atoms. The maximum absolute atomic E-state index is 9.07. The monoisotopic (exact) mass is 218 g/mol. The summed E-state index contributed by atoms with van der Waals surface area (Å²) in [6.07, 6.45) is 10.8. The van der Waals surface area contributed by atoms with Crippen molar-refractivity contribution < 1.29 is 0 Å². The van der Waals surface area contributed by atoms with Gasteiger partial charge in [0, 0.05) is 12.6 Å². The van der Waals surface area contributed by atoms with E-state index in [2.05, 4.69) is 11.4 Å². The molecule has 1 N–H and O–H groups in total. The number of hydrogen-bond donors (Lipinski definition) is 1. The normalized spacial score (nSPS) is 36.7. The Bertz CT molecular complexity index is 296. The summed E-state index contributed by atoms with van der Waals surface area (Å²) in [4.78, 5) is 0. The molecule has 2 heteroatoms. The fourth-order valence-electron chi connectivity index (χ4n) is 3.75. The number of hydrogen-bond acceptors (Lipinski definition) is 2. The lowest BCUT2D eigenvalue weighted by atomic mass is 9.65. The summed E-state index contributed by atoms with van der Waals surface area (Å²) in [5.41, 5.74) is 0.655. The Morgan fingerprint density at radius 1 is 1.12 bits per heavy atom. The van der Waals surface area contributed by atoms with E-state index in [0.717, 1.165) is 12.3 Å². The van der Waals surface area contributed by atoms with Crippen LogP contribution in [0.15, 0.2) is 0 Å². The van der Waals surface area contributed by atoms with Crippen LogP contribution in [0.5, 0.6) is 0 Å². The molecule has 3 aliphatic carbocycles. The molecule has 0 unspecified atom stereocenters. The molecule has 3 fully saturated rings.